The molecule has 0 atom stereocenters. The van der Waals surface area contributed by atoms with Crippen molar-refractivity contribution in [3.05, 3.63) is 132 Å². The molecule has 0 N–H and O–H groups in total. The summed E-state index contributed by atoms with van der Waals surface area (Å²) in [5.74, 6) is -0.199. The molecule has 0 bridgehead atoms. The molecule has 0 unspecified atom stereocenters. The van der Waals surface area contributed by atoms with Gasteiger partial charge in [-0.15, -0.1) is 0 Å². The standard InChI is InChI=1S/C14H10.C8H6O2.C6H6/c1-2-6-12-10-14-8-4-3-7-13(14)9-11(12)5-1;9-8-7-4-2-1-3-6(7)5-10-8;1-2-4-6-5-3-1/h1-10H;1-4H,5H2;1-6H. The van der Waals surface area contributed by atoms with Crippen LogP contribution in [0.25, 0.3) is 21.5 Å². The smallest absolute Gasteiger partial charge is 0.338 e. The van der Waals surface area contributed by atoms with Gasteiger partial charge in [-0.1, -0.05) is 103 Å². The highest BCUT2D eigenvalue weighted by Gasteiger charge is 2.18. The lowest BCUT2D eigenvalue weighted by Crippen LogP contribution is -1.91. The Morgan fingerprint density at radius 2 is 0.900 bits per heavy atom. The van der Waals surface area contributed by atoms with E-state index in [4.69, 9.17) is 4.74 Å². The summed E-state index contributed by atoms with van der Waals surface area (Å²) in [6.07, 6.45) is 0. The highest BCUT2D eigenvalue weighted by Crippen LogP contribution is 2.22. The third-order valence-electron chi connectivity index (χ3n) is 4.88. The predicted octanol–water partition coefficient (Wildman–Crippen LogP) is 7.04. The number of fused-ring (bicyclic) bond motifs is 3. The van der Waals surface area contributed by atoms with Crippen molar-refractivity contribution in [1.29, 1.82) is 0 Å². The highest BCUT2D eigenvalue weighted by molar-refractivity contribution is 5.98. The Morgan fingerprint density at radius 1 is 0.500 bits per heavy atom. The number of carbonyl (C=O) groups excluding carboxylic acids is 1. The van der Waals surface area contributed by atoms with Crippen LogP contribution in [0.2, 0.25) is 0 Å². The molecule has 0 fully saturated rings. The van der Waals surface area contributed by atoms with E-state index in [0.717, 1.165) is 5.56 Å². The molecule has 5 aromatic rings. The van der Waals surface area contributed by atoms with Crippen molar-refractivity contribution in [3.63, 3.8) is 0 Å². The van der Waals surface area contributed by atoms with Crippen molar-refractivity contribution in [1.82, 2.24) is 0 Å². The SMILES string of the molecule is O=C1OCc2ccccc21.c1ccc2cc3ccccc3cc2c1.c1ccccc1. The Bertz CT molecular complexity index is 1130. The van der Waals surface area contributed by atoms with Crippen LogP contribution in [0.4, 0.5) is 0 Å². The summed E-state index contributed by atoms with van der Waals surface area (Å²) in [5, 5.41) is 5.25. The van der Waals surface area contributed by atoms with Crippen molar-refractivity contribution >= 4 is 27.5 Å². The maximum absolute atomic E-state index is 10.8. The second-order valence-electron chi connectivity index (χ2n) is 6.93. The van der Waals surface area contributed by atoms with E-state index in [0.29, 0.717) is 12.2 Å². The number of esters is 1. The van der Waals surface area contributed by atoms with E-state index in [1.54, 1.807) is 6.07 Å². The average molecular weight is 390 g/mol. The van der Waals surface area contributed by atoms with Gasteiger partial charge < -0.3 is 4.74 Å². The van der Waals surface area contributed by atoms with Gasteiger partial charge in [0, 0.05) is 5.56 Å². The molecular formula is C28H22O2. The van der Waals surface area contributed by atoms with Crippen LogP contribution in [-0.2, 0) is 11.3 Å². The van der Waals surface area contributed by atoms with Crippen LogP contribution in [0.1, 0.15) is 15.9 Å². The minimum absolute atomic E-state index is 0.199. The van der Waals surface area contributed by atoms with Gasteiger partial charge in [0.25, 0.3) is 0 Å². The van der Waals surface area contributed by atoms with Gasteiger partial charge in [-0.2, -0.15) is 0 Å². The van der Waals surface area contributed by atoms with Crippen molar-refractivity contribution in [2.45, 2.75) is 6.61 Å². The van der Waals surface area contributed by atoms with Gasteiger partial charge in [-0.3, -0.25) is 0 Å². The molecule has 0 amide bonds. The molecule has 30 heavy (non-hydrogen) atoms. The molecule has 0 saturated carbocycles. The first kappa shape index (κ1) is 19.4. The molecule has 0 aromatic heterocycles. The van der Waals surface area contributed by atoms with Gasteiger partial charge in [0.15, 0.2) is 0 Å². The van der Waals surface area contributed by atoms with E-state index in [2.05, 4.69) is 60.7 Å². The molecule has 5 aromatic carbocycles. The molecule has 0 radical (unpaired) electrons. The molecule has 146 valence electrons. The van der Waals surface area contributed by atoms with Crippen molar-refractivity contribution < 1.29 is 9.53 Å². The third-order valence-corrected chi connectivity index (χ3v) is 4.88. The second-order valence-corrected chi connectivity index (χ2v) is 6.93. The van der Waals surface area contributed by atoms with Crippen LogP contribution in [0.3, 0.4) is 0 Å². The van der Waals surface area contributed by atoms with Gasteiger partial charge in [0.1, 0.15) is 6.61 Å². The number of cyclic esters (lactones) is 1. The predicted molar refractivity (Wildman–Crippen MR) is 123 cm³/mol. The summed E-state index contributed by atoms with van der Waals surface area (Å²) in [6.45, 7) is 0.439. The minimum atomic E-state index is -0.199. The summed E-state index contributed by atoms with van der Waals surface area (Å²) in [4.78, 5) is 10.8. The lowest BCUT2D eigenvalue weighted by Gasteiger charge is -2.00. The van der Waals surface area contributed by atoms with Crippen molar-refractivity contribution in [2.75, 3.05) is 0 Å². The van der Waals surface area contributed by atoms with Crippen molar-refractivity contribution in [3.8, 4) is 0 Å². The fourth-order valence-corrected chi connectivity index (χ4v) is 3.33. The van der Waals surface area contributed by atoms with Gasteiger partial charge >= 0.3 is 5.97 Å². The Balaban J connectivity index is 0.000000119. The van der Waals surface area contributed by atoms with E-state index in [9.17, 15) is 4.79 Å². The molecule has 1 heterocycles. The molecule has 0 spiro atoms. The molecule has 0 saturated heterocycles. The summed E-state index contributed by atoms with van der Waals surface area (Å²) in [7, 11) is 0. The highest BCUT2D eigenvalue weighted by atomic mass is 16.5. The Morgan fingerprint density at radius 3 is 1.33 bits per heavy atom. The van der Waals surface area contributed by atoms with Gasteiger partial charge in [0.2, 0.25) is 0 Å². The largest absolute Gasteiger partial charge is 0.457 e. The van der Waals surface area contributed by atoms with E-state index in [1.807, 2.05) is 54.6 Å². The van der Waals surface area contributed by atoms with E-state index in [-0.39, 0.29) is 5.97 Å². The van der Waals surface area contributed by atoms with Gasteiger partial charge in [-0.05, 0) is 39.7 Å². The Kier molecular flexibility index (Phi) is 6.16. The topological polar surface area (TPSA) is 26.3 Å². The molecule has 6 rings (SSSR count). The summed E-state index contributed by atoms with van der Waals surface area (Å²) >= 11 is 0. The molecule has 1 aliphatic heterocycles. The Labute approximate surface area is 176 Å². The van der Waals surface area contributed by atoms with E-state index in [1.165, 1.54) is 21.5 Å². The molecule has 2 heteroatoms. The maximum atomic E-state index is 10.8. The fourth-order valence-electron chi connectivity index (χ4n) is 3.33. The zero-order valence-electron chi connectivity index (χ0n) is 16.6. The number of carbonyl (C=O) groups is 1. The maximum Gasteiger partial charge on any atom is 0.338 e. The van der Waals surface area contributed by atoms with Crippen LogP contribution in [0.15, 0.2) is 121 Å². The van der Waals surface area contributed by atoms with Crippen LogP contribution in [0, 0.1) is 0 Å². The van der Waals surface area contributed by atoms with Crippen LogP contribution < -0.4 is 0 Å². The molecule has 1 aliphatic rings. The average Bonchev–Trinajstić information content (AvgIpc) is 3.21. The normalized spacial score (nSPS) is 11.5. The number of hydrogen-bond acceptors (Lipinski definition) is 2. The third kappa shape index (κ3) is 4.73. The molecular weight excluding hydrogens is 368 g/mol. The molecule has 2 nitrogen and oxygen atoms in total. The summed E-state index contributed by atoms with van der Waals surface area (Å²) in [5.41, 5.74) is 1.70. The van der Waals surface area contributed by atoms with Gasteiger partial charge in [-0.25, -0.2) is 4.79 Å². The fraction of sp³-hybridized carbons (Fsp3) is 0.0357. The monoisotopic (exact) mass is 390 g/mol. The first-order valence-electron chi connectivity index (χ1n) is 9.94. The molecule has 0 aliphatic carbocycles. The van der Waals surface area contributed by atoms with E-state index < -0.39 is 0 Å². The van der Waals surface area contributed by atoms with Crippen LogP contribution in [-0.4, -0.2) is 5.97 Å². The first-order chi connectivity index (χ1) is 14.8. The van der Waals surface area contributed by atoms with Crippen molar-refractivity contribution in [2.24, 2.45) is 0 Å². The summed E-state index contributed by atoms with van der Waals surface area (Å²) in [6, 6.07) is 40.8. The lowest BCUT2D eigenvalue weighted by atomic mass is 10.0. The number of benzene rings is 5. The lowest BCUT2D eigenvalue weighted by molar-refractivity contribution is 0.0535. The summed E-state index contributed by atoms with van der Waals surface area (Å²) < 4.78 is 4.78. The first-order valence-corrected chi connectivity index (χ1v) is 9.94. The second kappa shape index (κ2) is 9.53. The quantitative estimate of drug-likeness (QED) is 0.209. The number of hydrogen-bond donors (Lipinski definition) is 0. The van der Waals surface area contributed by atoms with Gasteiger partial charge in [0.05, 0.1) is 5.56 Å². The number of ether oxygens (including phenoxy) is 1. The van der Waals surface area contributed by atoms with E-state index >= 15 is 0 Å². The van der Waals surface area contributed by atoms with Crippen LogP contribution in [0.5, 0.6) is 0 Å². The van der Waals surface area contributed by atoms with Crippen LogP contribution >= 0.6 is 0 Å². The Hall–Kier alpha value is -3.91. The number of rotatable bonds is 0. The minimum Gasteiger partial charge on any atom is -0.457 e. The zero-order chi connectivity index (χ0) is 20.6. The zero-order valence-corrected chi connectivity index (χ0v) is 16.6.